The highest BCUT2D eigenvalue weighted by molar-refractivity contribution is 9.10. The molecule has 3 nitrogen and oxygen atoms in total. The van der Waals surface area contributed by atoms with Crippen LogP contribution >= 0.6 is 15.9 Å². The first-order chi connectivity index (χ1) is 7.22. The molecule has 1 aromatic rings. The van der Waals surface area contributed by atoms with Gasteiger partial charge in [0.1, 0.15) is 5.82 Å². The van der Waals surface area contributed by atoms with E-state index < -0.39 is 0 Å². The van der Waals surface area contributed by atoms with Crippen molar-refractivity contribution < 1.29 is 0 Å². The maximum absolute atomic E-state index is 4.46. The fourth-order valence-electron chi connectivity index (χ4n) is 1.78. The Labute approximate surface area is 99.0 Å². The van der Waals surface area contributed by atoms with Gasteiger partial charge in [-0.3, -0.25) is 0 Å². The molecular weight excluding hydrogens is 254 g/mol. The second-order valence-corrected chi connectivity index (χ2v) is 4.74. The van der Waals surface area contributed by atoms with E-state index in [2.05, 4.69) is 51.0 Å². The smallest absolute Gasteiger partial charge is 0.129 e. The second-order valence-electron chi connectivity index (χ2n) is 3.89. The van der Waals surface area contributed by atoms with Crippen LogP contribution in [0.15, 0.2) is 16.7 Å². The summed E-state index contributed by atoms with van der Waals surface area (Å²) in [6, 6.07) is 2.76. The highest BCUT2D eigenvalue weighted by Gasteiger charge is 2.24. The normalized spacial score (nSPS) is 16.2. The van der Waals surface area contributed by atoms with Gasteiger partial charge in [-0.2, -0.15) is 0 Å². The monoisotopic (exact) mass is 269 g/mol. The number of anilines is 1. The molecule has 2 rings (SSSR count). The topological polar surface area (TPSA) is 28.2 Å². The summed E-state index contributed by atoms with van der Waals surface area (Å²) in [4.78, 5) is 6.82. The minimum atomic E-state index is 0.614. The van der Waals surface area contributed by atoms with Gasteiger partial charge in [0.2, 0.25) is 0 Å². The molecule has 1 N–H and O–H groups in total. The number of aromatic nitrogens is 1. The lowest BCUT2D eigenvalue weighted by molar-refractivity contribution is 0.415. The van der Waals surface area contributed by atoms with E-state index in [1.807, 2.05) is 6.20 Å². The third-order valence-electron chi connectivity index (χ3n) is 2.87. The van der Waals surface area contributed by atoms with Crippen LogP contribution in [0.4, 0.5) is 5.82 Å². The lowest BCUT2D eigenvalue weighted by atomic mass is 10.1. The predicted octanol–water partition coefficient (Wildman–Crippen LogP) is 1.95. The van der Waals surface area contributed by atoms with Crippen molar-refractivity contribution in [1.82, 2.24) is 10.3 Å². The van der Waals surface area contributed by atoms with Gasteiger partial charge in [0, 0.05) is 30.3 Å². The standard InChI is InChI=1S/C11H16BrN3/c1-3-15(9-5-13-6-9)11-4-8(2)10(12)7-14-11/h4,7,9,13H,3,5-6H2,1-2H3. The van der Waals surface area contributed by atoms with Crippen molar-refractivity contribution in [3.63, 3.8) is 0 Å². The Hall–Kier alpha value is -0.610. The van der Waals surface area contributed by atoms with E-state index in [1.54, 1.807) is 0 Å². The first-order valence-electron chi connectivity index (χ1n) is 5.32. The first-order valence-corrected chi connectivity index (χ1v) is 6.11. The van der Waals surface area contributed by atoms with Crippen LogP contribution < -0.4 is 10.2 Å². The maximum Gasteiger partial charge on any atom is 0.129 e. The summed E-state index contributed by atoms with van der Waals surface area (Å²) in [5.74, 6) is 1.09. The van der Waals surface area contributed by atoms with Gasteiger partial charge in [0.15, 0.2) is 0 Å². The molecule has 2 heterocycles. The summed E-state index contributed by atoms with van der Waals surface area (Å²) in [6.45, 7) is 7.44. The number of halogens is 1. The zero-order chi connectivity index (χ0) is 10.8. The second kappa shape index (κ2) is 4.49. The predicted molar refractivity (Wildman–Crippen MR) is 66.4 cm³/mol. The van der Waals surface area contributed by atoms with Gasteiger partial charge in [-0.05, 0) is 41.4 Å². The van der Waals surface area contributed by atoms with Gasteiger partial charge in [-0.25, -0.2) is 4.98 Å². The molecule has 15 heavy (non-hydrogen) atoms. The van der Waals surface area contributed by atoms with Gasteiger partial charge >= 0.3 is 0 Å². The van der Waals surface area contributed by atoms with Gasteiger partial charge < -0.3 is 10.2 Å². The Morgan fingerprint density at radius 2 is 2.33 bits per heavy atom. The molecule has 82 valence electrons. The van der Waals surface area contributed by atoms with Gasteiger partial charge in [-0.15, -0.1) is 0 Å². The Kier molecular flexibility index (Phi) is 3.26. The van der Waals surface area contributed by atoms with E-state index in [4.69, 9.17) is 0 Å². The summed E-state index contributed by atoms with van der Waals surface area (Å²) in [5, 5.41) is 3.29. The molecule has 0 atom stereocenters. The molecule has 0 bridgehead atoms. The lowest BCUT2D eigenvalue weighted by Gasteiger charge is -2.38. The third kappa shape index (κ3) is 2.16. The van der Waals surface area contributed by atoms with Crippen LogP contribution in [-0.2, 0) is 0 Å². The summed E-state index contributed by atoms with van der Waals surface area (Å²) < 4.78 is 1.08. The Bertz CT molecular complexity index is 350. The van der Waals surface area contributed by atoms with Crippen molar-refractivity contribution in [2.45, 2.75) is 19.9 Å². The average molecular weight is 270 g/mol. The van der Waals surface area contributed by atoms with E-state index in [1.165, 1.54) is 5.56 Å². The SMILES string of the molecule is CCN(c1cc(C)c(Br)cn1)C1CNC1. The average Bonchev–Trinajstić information content (AvgIpc) is 2.16. The maximum atomic E-state index is 4.46. The van der Waals surface area contributed by atoms with Crippen molar-refractivity contribution >= 4 is 21.7 Å². The molecule has 0 aromatic carbocycles. The Balaban J connectivity index is 2.21. The van der Waals surface area contributed by atoms with Crippen LogP contribution in [0.5, 0.6) is 0 Å². The van der Waals surface area contributed by atoms with Crippen LogP contribution in [0.25, 0.3) is 0 Å². The van der Waals surface area contributed by atoms with E-state index in [0.29, 0.717) is 6.04 Å². The van der Waals surface area contributed by atoms with Crippen molar-refractivity contribution in [3.8, 4) is 0 Å². The molecule has 0 saturated carbocycles. The van der Waals surface area contributed by atoms with Crippen LogP contribution in [0.3, 0.4) is 0 Å². The Morgan fingerprint density at radius 1 is 1.60 bits per heavy atom. The molecule has 1 aliphatic rings. The van der Waals surface area contributed by atoms with Crippen LogP contribution in [0, 0.1) is 6.92 Å². The molecule has 0 radical (unpaired) electrons. The van der Waals surface area contributed by atoms with Crippen molar-refractivity contribution in [2.75, 3.05) is 24.5 Å². The van der Waals surface area contributed by atoms with Crippen molar-refractivity contribution in [2.24, 2.45) is 0 Å². The number of likely N-dealkylation sites (N-methyl/N-ethyl adjacent to an activating group) is 1. The largest absolute Gasteiger partial charge is 0.351 e. The number of pyridine rings is 1. The highest BCUT2D eigenvalue weighted by Crippen LogP contribution is 2.22. The van der Waals surface area contributed by atoms with Crippen LogP contribution in [0.1, 0.15) is 12.5 Å². The van der Waals surface area contributed by atoms with E-state index in [0.717, 1.165) is 29.9 Å². The molecule has 0 unspecified atom stereocenters. The zero-order valence-electron chi connectivity index (χ0n) is 9.13. The number of hydrogen-bond acceptors (Lipinski definition) is 3. The Morgan fingerprint density at radius 3 is 2.80 bits per heavy atom. The van der Waals surface area contributed by atoms with E-state index in [9.17, 15) is 0 Å². The van der Waals surface area contributed by atoms with Crippen molar-refractivity contribution in [3.05, 3.63) is 22.3 Å². The zero-order valence-corrected chi connectivity index (χ0v) is 10.7. The van der Waals surface area contributed by atoms with Gasteiger partial charge in [-0.1, -0.05) is 0 Å². The first kappa shape index (κ1) is 10.9. The number of rotatable bonds is 3. The van der Waals surface area contributed by atoms with Crippen LogP contribution in [-0.4, -0.2) is 30.7 Å². The molecule has 1 aromatic heterocycles. The van der Waals surface area contributed by atoms with E-state index >= 15 is 0 Å². The van der Waals surface area contributed by atoms with Gasteiger partial charge in [0.25, 0.3) is 0 Å². The molecule has 0 aliphatic carbocycles. The number of hydrogen-bond donors (Lipinski definition) is 1. The third-order valence-corrected chi connectivity index (χ3v) is 3.70. The minimum absolute atomic E-state index is 0.614. The summed E-state index contributed by atoms with van der Waals surface area (Å²) in [7, 11) is 0. The quantitative estimate of drug-likeness (QED) is 0.910. The molecule has 1 saturated heterocycles. The summed E-state index contributed by atoms with van der Waals surface area (Å²) in [6.07, 6.45) is 1.89. The molecule has 0 spiro atoms. The highest BCUT2D eigenvalue weighted by atomic mass is 79.9. The summed E-state index contributed by atoms with van der Waals surface area (Å²) in [5.41, 5.74) is 1.24. The minimum Gasteiger partial charge on any atom is -0.351 e. The molecule has 1 fully saturated rings. The number of aryl methyl sites for hydroxylation is 1. The molecule has 4 heteroatoms. The van der Waals surface area contributed by atoms with Gasteiger partial charge in [0.05, 0.1) is 6.04 Å². The van der Waals surface area contributed by atoms with Crippen LogP contribution in [0.2, 0.25) is 0 Å². The lowest BCUT2D eigenvalue weighted by Crippen LogP contribution is -2.57. The molecule has 1 aliphatic heterocycles. The van der Waals surface area contributed by atoms with E-state index in [-0.39, 0.29) is 0 Å². The molecule has 0 amide bonds. The number of nitrogens with zero attached hydrogens (tertiary/aromatic N) is 2. The summed E-state index contributed by atoms with van der Waals surface area (Å²) >= 11 is 3.48. The number of nitrogens with one attached hydrogen (secondary N) is 1. The fourth-order valence-corrected chi connectivity index (χ4v) is 2.00. The van der Waals surface area contributed by atoms with Crippen molar-refractivity contribution in [1.29, 1.82) is 0 Å². The molecular formula is C11H16BrN3. The fraction of sp³-hybridized carbons (Fsp3) is 0.545.